The van der Waals surface area contributed by atoms with Crippen LogP contribution in [0.3, 0.4) is 0 Å². The van der Waals surface area contributed by atoms with E-state index in [1.54, 1.807) is 0 Å². The molecular formula is C8H19ClO2Si. The molecule has 0 aliphatic heterocycles. The minimum absolute atomic E-state index is 0.697. The average Bonchev–Trinajstić information content (AvgIpc) is 2.02. The molecule has 0 N–H and O–H groups in total. The number of hydrogen-bond donors (Lipinski definition) is 0. The van der Waals surface area contributed by atoms with Crippen LogP contribution in [0.5, 0.6) is 0 Å². The van der Waals surface area contributed by atoms with E-state index >= 15 is 0 Å². The SMILES string of the molecule is CCO[Si](C)(CCCCl)OCC. The Bertz CT molecular complexity index is 105. The van der Waals surface area contributed by atoms with E-state index in [0.29, 0.717) is 5.88 Å². The third-order valence-electron chi connectivity index (χ3n) is 1.66. The molecule has 0 aromatic heterocycles. The molecule has 0 spiro atoms. The van der Waals surface area contributed by atoms with Crippen molar-refractivity contribution >= 4 is 20.2 Å². The lowest BCUT2D eigenvalue weighted by Crippen LogP contribution is -2.38. The summed E-state index contributed by atoms with van der Waals surface area (Å²) < 4.78 is 11.3. The molecule has 0 aromatic carbocycles. The number of halogens is 1. The lowest BCUT2D eigenvalue weighted by molar-refractivity contribution is 0.189. The Morgan fingerprint density at radius 3 is 2.00 bits per heavy atom. The Balaban J connectivity index is 3.80. The van der Waals surface area contributed by atoms with Gasteiger partial charge in [0, 0.05) is 19.1 Å². The zero-order valence-electron chi connectivity index (χ0n) is 8.23. The Labute approximate surface area is 81.5 Å². The van der Waals surface area contributed by atoms with Gasteiger partial charge in [-0.3, -0.25) is 0 Å². The predicted octanol–water partition coefficient (Wildman–Crippen LogP) is 2.76. The van der Waals surface area contributed by atoms with Crippen LogP contribution in [0, 0.1) is 0 Å². The van der Waals surface area contributed by atoms with Crippen molar-refractivity contribution in [2.24, 2.45) is 0 Å². The fourth-order valence-corrected chi connectivity index (χ4v) is 3.95. The molecule has 0 amide bonds. The Morgan fingerprint density at radius 2 is 1.67 bits per heavy atom. The first kappa shape index (κ1) is 12.4. The smallest absolute Gasteiger partial charge is 0.334 e. The maximum absolute atomic E-state index is 5.63. The fraction of sp³-hybridized carbons (Fsp3) is 1.00. The molecule has 0 radical (unpaired) electrons. The maximum atomic E-state index is 5.63. The Morgan fingerprint density at radius 1 is 1.17 bits per heavy atom. The van der Waals surface area contributed by atoms with Gasteiger partial charge in [0.25, 0.3) is 0 Å². The van der Waals surface area contributed by atoms with Crippen LogP contribution in [0.1, 0.15) is 20.3 Å². The van der Waals surface area contributed by atoms with Crippen molar-refractivity contribution in [2.45, 2.75) is 32.9 Å². The quantitative estimate of drug-likeness (QED) is 0.475. The second-order valence-electron chi connectivity index (χ2n) is 2.79. The zero-order chi connectivity index (χ0) is 9.45. The molecule has 0 saturated carbocycles. The van der Waals surface area contributed by atoms with Crippen molar-refractivity contribution in [2.75, 3.05) is 19.1 Å². The van der Waals surface area contributed by atoms with Crippen LogP contribution in [0.4, 0.5) is 0 Å². The van der Waals surface area contributed by atoms with Crippen LogP contribution in [-0.4, -0.2) is 27.7 Å². The van der Waals surface area contributed by atoms with Gasteiger partial charge < -0.3 is 8.85 Å². The number of hydrogen-bond acceptors (Lipinski definition) is 2. The van der Waals surface area contributed by atoms with E-state index in [-0.39, 0.29) is 0 Å². The standard InChI is InChI=1S/C8H19ClO2Si/c1-4-10-12(3,11-5-2)8-6-7-9/h4-8H2,1-3H3. The zero-order valence-corrected chi connectivity index (χ0v) is 9.99. The number of rotatable bonds is 7. The highest BCUT2D eigenvalue weighted by Gasteiger charge is 2.29. The van der Waals surface area contributed by atoms with Gasteiger partial charge in [-0.05, 0) is 32.9 Å². The summed E-state index contributed by atoms with van der Waals surface area (Å²) in [6.45, 7) is 7.60. The first-order valence-electron chi connectivity index (χ1n) is 4.52. The molecule has 0 heterocycles. The minimum Gasteiger partial charge on any atom is -0.395 e. The highest BCUT2D eigenvalue weighted by Crippen LogP contribution is 2.15. The van der Waals surface area contributed by atoms with Crippen LogP contribution >= 0.6 is 11.6 Å². The van der Waals surface area contributed by atoms with E-state index in [1.807, 2.05) is 13.8 Å². The van der Waals surface area contributed by atoms with Crippen LogP contribution in [-0.2, 0) is 8.85 Å². The highest BCUT2D eigenvalue weighted by atomic mass is 35.5. The average molecular weight is 211 g/mol. The molecule has 0 bridgehead atoms. The third-order valence-corrected chi connectivity index (χ3v) is 4.99. The van der Waals surface area contributed by atoms with Gasteiger partial charge in [0.1, 0.15) is 0 Å². The van der Waals surface area contributed by atoms with Crippen molar-refractivity contribution in [1.82, 2.24) is 0 Å². The van der Waals surface area contributed by atoms with Gasteiger partial charge in [-0.25, -0.2) is 0 Å². The van der Waals surface area contributed by atoms with E-state index < -0.39 is 8.56 Å². The van der Waals surface area contributed by atoms with E-state index in [1.165, 1.54) is 0 Å². The topological polar surface area (TPSA) is 18.5 Å². The summed E-state index contributed by atoms with van der Waals surface area (Å²) in [7, 11) is -1.85. The lowest BCUT2D eigenvalue weighted by atomic mass is 10.6. The van der Waals surface area contributed by atoms with Gasteiger partial charge in [0.2, 0.25) is 0 Å². The largest absolute Gasteiger partial charge is 0.395 e. The maximum Gasteiger partial charge on any atom is 0.334 e. The van der Waals surface area contributed by atoms with Gasteiger partial charge in [0.05, 0.1) is 0 Å². The molecular weight excluding hydrogens is 192 g/mol. The summed E-state index contributed by atoms with van der Waals surface area (Å²) in [5.74, 6) is 0.697. The molecule has 0 aromatic rings. The van der Waals surface area contributed by atoms with Crippen molar-refractivity contribution in [3.8, 4) is 0 Å². The third kappa shape index (κ3) is 5.14. The monoisotopic (exact) mass is 210 g/mol. The second-order valence-corrected chi connectivity index (χ2v) is 6.52. The summed E-state index contributed by atoms with van der Waals surface area (Å²) >= 11 is 5.62. The summed E-state index contributed by atoms with van der Waals surface area (Å²) in [6.07, 6.45) is 0.990. The number of alkyl halides is 1. The van der Waals surface area contributed by atoms with E-state index in [9.17, 15) is 0 Å². The van der Waals surface area contributed by atoms with Crippen molar-refractivity contribution in [3.05, 3.63) is 0 Å². The Hall–Kier alpha value is 0.427. The molecule has 74 valence electrons. The van der Waals surface area contributed by atoms with Crippen LogP contribution in [0.15, 0.2) is 0 Å². The normalized spacial score (nSPS) is 12.0. The second kappa shape index (κ2) is 6.89. The van der Waals surface area contributed by atoms with Gasteiger partial charge in [-0.15, -0.1) is 11.6 Å². The molecule has 0 saturated heterocycles. The molecule has 0 aliphatic carbocycles. The molecule has 0 atom stereocenters. The highest BCUT2D eigenvalue weighted by molar-refractivity contribution is 6.66. The van der Waals surface area contributed by atoms with Crippen LogP contribution < -0.4 is 0 Å². The summed E-state index contributed by atoms with van der Waals surface area (Å²) in [4.78, 5) is 0. The minimum atomic E-state index is -1.85. The van der Waals surface area contributed by atoms with Gasteiger partial charge in [0.15, 0.2) is 0 Å². The van der Waals surface area contributed by atoms with Gasteiger partial charge in [-0.1, -0.05) is 0 Å². The first-order chi connectivity index (χ1) is 5.68. The van der Waals surface area contributed by atoms with E-state index in [4.69, 9.17) is 20.5 Å². The molecule has 0 aliphatic rings. The molecule has 0 rings (SSSR count). The van der Waals surface area contributed by atoms with Crippen LogP contribution in [0.25, 0.3) is 0 Å². The molecule has 12 heavy (non-hydrogen) atoms. The van der Waals surface area contributed by atoms with Crippen molar-refractivity contribution in [3.63, 3.8) is 0 Å². The lowest BCUT2D eigenvalue weighted by Gasteiger charge is -2.25. The summed E-state index contributed by atoms with van der Waals surface area (Å²) in [5, 5.41) is 0. The van der Waals surface area contributed by atoms with Crippen molar-refractivity contribution in [1.29, 1.82) is 0 Å². The molecule has 4 heteroatoms. The fourth-order valence-electron chi connectivity index (χ4n) is 1.18. The molecule has 0 unspecified atom stereocenters. The Kier molecular flexibility index (Phi) is 7.14. The molecule has 0 fully saturated rings. The molecule has 2 nitrogen and oxygen atoms in total. The van der Waals surface area contributed by atoms with E-state index in [2.05, 4.69) is 6.55 Å². The van der Waals surface area contributed by atoms with Crippen molar-refractivity contribution < 1.29 is 8.85 Å². The van der Waals surface area contributed by atoms with Gasteiger partial charge in [-0.2, -0.15) is 0 Å². The predicted molar refractivity (Wildman–Crippen MR) is 55.0 cm³/mol. The van der Waals surface area contributed by atoms with Crippen LogP contribution in [0.2, 0.25) is 12.6 Å². The first-order valence-corrected chi connectivity index (χ1v) is 7.58. The van der Waals surface area contributed by atoms with E-state index in [0.717, 1.165) is 25.7 Å². The summed E-state index contributed by atoms with van der Waals surface area (Å²) in [6, 6.07) is 0.998. The van der Waals surface area contributed by atoms with Gasteiger partial charge >= 0.3 is 8.56 Å². The summed E-state index contributed by atoms with van der Waals surface area (Å²) in [5.41, 5.74) is 0.